The van der Waals surface area contributed by atoms with Crippen LogP contribution in [0.3, 0.4) is 0 Å². The van der Waals surface area contributed by atoms with Gasteiger partial charge in [-0.15, -0.1) is 0 Å². The maximum absolute atomic E-state index is 11.8. The van der Waals surface area contributed by atoms with E-state index in [0.717, 1.165) is 0 Å². The molecule has 0 aromatic rings. The van der Waals surface area contributed by atoms with Gasteiger partial charge in [-0.3, -0.25) is 0 Å². The van der Waals surface area contributed by atoms with E-state index in [0.29, 0.717) is 12.8 Å². The number of hydrogen-bond donors (Lipinski definition) is 1. The molecule has 68 valence electrons. The van der Waals surface area contributed by atoms with Crippen LogP contribution in [0.15, 0.2) is 0 Å². The lowest BCUT2D eigenvalue weighted by molar-refractivity contribution is -0.202. The van der Waals surface area contributed by atoms with E-state index in [2.05, 4.69) is 0 Å². The first-order valence-electron chi connectivity index (χ1n) is 3.28. The second-order valence-corrected chi connectivity index (χ2v) is 3.89. The zero-order valence-corrected chi connectivity index (χ0v) is 8.19. The summed E-state index contributed by atoms with van der Waals surface area (Å²) >= 11 is 1.62. The molecule has 0 spiro atoms. The number of hydrogen-bond acceptors (Lipinski definition) is 1. The van der Waals surface area contributed by atoms with Gasteiger partial charge in [0.25, 0.3) is 0 Å². The summed E-state index contributed by atoms with van der Waals surface area (Å²) in [5, 5.41) is 8.65. The fraction of sp³-hybridized carbons (Fsp3) is 1.00. The van der Waals surface area contributed by atoms with E-state index in [1.807, 2.05) is 0 Å². The molecule has 2 atom stereocenters. The van der Waals surface area contributed by atoms with E-state index in [4.69, 9.17) is 5.11 Å². The fourth-order valence-corrected chi connectivity index (χ4v) is 1.67. The van der Waals surface area contributed by atoms with Crippen LogP contribution < -0.4 is 0 Å². The summed E-state index contributed by atoms with van der Waals surface area (Å²) in [4.78, 5) is 0. The molecule has 1 nitrogen and oxygen atoms in total. The van der Waals surface area contributed by atoms with Crippen molar-refractivity contribution in [3.8, 4) is 0 Å². The summed E-state index contributed by atoms with van der Waals surface area (Å²) in [6.07, 6.45) is -5.61. The summed E-state index contributed by atoms with van der Waals surface area (Å²) < 4.78 is 34.6. The number of rotatable bonds is 3. The average Bonchev–Trinajstić information content (AvgIpc) is 1.85. The van der Waals surface area contributed by atoms with E-state index in [1.165, 1.54) is 0 Å². The van der Waals surface area contributed by atoms with Crippen LogP contribution in [0.2, 0.25) is 0 Å². The molecule has 0 aromatic heterocycles. The van der Waals surface area contributed by atoms with Crippen molar-refractivity contribution in [3.63, 3.8) is 0 Å². The third-order valence-corrected chi connectivity index (χ3v) is 2.55. The van der Waals surface area contributed by atoms with Crippen molar-refractivity contribution in [1.82, 2.24) is 0 Å². The van der Waals surface area contributed by atoms with Crippen LogP contribution in [0.5, 0.6) is 0 Å². The van der Waals surface area contributed by atoms with Crippen LogP contribution in [0.4, 0.5) is 13.2 Å². The van der Waals surface area contributed by atoms with Gasteiger partial charge in [0.1, 0.15) is 0 Å². The van der Waals surface area contributed by atoms with Crippen LogP contribution in [0.25, 0.3) is 0 Å². The van der Waals surface area contributed by atoms with Gasteiger partial charge in [-0.25, -0.2) is 0 Å². The molecule has 0 bridgehead atoms. The number of halogens is 4. The van der Waals surface area contributed by atoms with Crippen LogP contribution in [-0.4, -0.2) is 21.3 Å². The van der Waals surface area contributed by atoms with Crippen LogP contribution in [0.1, 0.15) is 19.8 Å². The average molecular weight is 282 g/mol. The topological polar surface area (TPSA) is 20.2 Å². The van der Waals surface area contributed by atoms with Gasteiger partial charge >= 0.3 is 6.18 Å². The molecule has 1 N–H and O–H groups in total. The van der Waals surface area contributed by atoms with Crippen molar-refractivity contribution >= 4 is 22.6 Å². The first-order chi connectivity index (χ1) is 4.89. The minimum Gasteiger partial charge on any atom is -0.383 e. The summed E-state index contributed by atoms with van der Waals surface area (Å²) in [5.74, 6) is 0. The van der Waals surface area contributed by atoms with Crippen molar-refractivity contribution in [1.29, 1.82) is 0 Å². The lowest BCUT2D eigenvalue weighted by Gasteiger charge is -2.19. The van der Waals surface area contributed by atoms with Crippen molar-refractivity contribution in [3.05, 3.63) is 0 Å². The molecule has 0 amide bonds. The Balaban J connectivity index is 3.91. The standard InChI is InChI=1S/C6H10F3IO/c1-2-3-4(10)5(11)6(7,8)9/h4-5,11H,2-3H2,1H3. The molecule has 0 aliphatic heterocycles. The third kappa shape index (κ3) is 4.15. The zero-order chi connectivity index (χ0) is 9.07. The van der Waals surface area contributed by atoms with Gasteiger partial charge in [0.15, 0.2) is 6.10 Å². The molecule has 0 radical (unpaired) electrons. The molecule has 0 saturated heterocycles. The molecule has 2 unspecified atom stereocenters. The molecule has 0 rings (SSSR count). The van der Waals surface area contributed by atoms with Gasteiger partial charge < -0.3 is 5.11 Å². The van der Waals surface area contributed by atoms with Crippen LogP contribution in [-0.2, 0) is 0 Å². The number of aliphatic hydroxyl groups is 1. The Morgan fingerprint density at radius 3 is 2.18 bits per heavy atom. The summed E-state index contributed by atoms with van der Waals surface area (Å²) in [5.41, 5.74) is 0. The largest absolute Gasteiger partial charge is 0.415 e. The summed E-state index contributed by atoms with van der Waals surface area (Å²) in [7, 11) is 0. The fourth-order valence-electron chi connectivity index (χ4n) is 0.639. The van der Waals surface area contributed by atoms with Crippen LogP contribution in [0, 0.1) is 0 Å². The molecular formula is C6H10F3IO. The van der Waals surface area contributed by atoms with Crippen molar-refractivity contribution in [2.75, 3.05) is 0 Å². The van der Waals surface area contributed by atoms with E-state index in [-0.39, 0.29) is 0 Å². The van der Waals surface area contributed by atoms with Gasteiger partial charge in [-0.1, -0.05) is 35.9 Å². The Labute approximate surface area is 77.1 Å². The third-order valence-electron chi connectivity index (χ3n) is 1.24. The predicted molar refractivity (Wildman–Crippen MR) is 44.8 cm³/mol. The Kier molecular flexibility index (Phi) is 4.69. The molecule has 0 aromatic carbocycles. The monoisotopic (exact) mass is 282 g/mol. The molecule has 11 heavy (non-hydrogen) atoms. The molecule has 0 aliphatic carbocycles. The Morgan fingerprint density at radius 2 is 1.91 bits per heavy atom. The van der Waals surface area contributed by atoms with E-state index < -0.39 is 16.2 Å². The van der Waals surface area contributed by atoms with E-state index in [9.17, 15) is 13.2 Å². The molecule has 0 heterocycles. The number of alkyl halides is 4. The van der Waals surface area contributed by atoms with Crippen LogP contribution >= 0.6 is 22.6 Å². The molecule has 0 aliphatic rings. The summed E-state index contributed by atoms with van der Waals surface area (Å²) in [6, 6.07) is 0. The lowest BCUT2D eigenvalue weighted by atomic mass is 10.1. The molecule has 0 fully saturated rings. The second-order valence-electron chi connectivity index (χ2n) is 2.29. The molecule has 0 saturated carbocycles. The first-order valence-corrected chi connectivity index (χ1v) is 4.53. The Morgan fingerprint density at radius 1 is 1.45 bits per heavy atom. The van der Waals surface area contributed by atoms with Gasteiger partial charge in [0, 0.05) is 3.92 Å². The predicted octanol–water partition coefficient (Wildman–Crippen LogP) is 2.51. The van der Waals surface area contributed by atoms with Gasteiger partial charge in [0.05, 0.1) is 0 Å². The SMILES string of the molecule is CCCC(I)C(O)C(F)(F)F. The highest BCUT2D eigenvalue weighted by Crippen LogP contribution is 2.28. The quantitative estimate of drug-likeness (QED) is 0.623. The number of aliphatic hydroxyl groups excluding tert-OH is 1. The van der Waals surface area contributed by atoms with Gasteiger partial charge in [0.2, 0.25) is 0 Å². The van der Waals surface area contributed by atoms with Gasteiger partial charge in [-0.2, -0.15) is 13.2 Å². The van der Waals surface area contributed by atoms with E-state index >= 15 is 0 Å². The lowest BCUT2D eigenvalue weighted by Crippen LogP contribution is -2.36. The molecular weight excluding hydrogens is 272 g/mol. The minimum absolute atomic E-state index is 0.390. The van der Waals surface area contributed by atoms with Crippen molar-refractivity contribution in [2.24, 2.45) is 0 Å². The summed E-state index contributed by atoms with van der Waals surface area (Å²) in [6.45, 7) is 1.79. The Bertz CT molecular complexity index is 115. The van der Waals surface area contributed by atoms with E-state index in [1.54, 1.807) is 29.5 Å². The maximum atomic E-state index is 11.8. The highest BCUT2D eigenvalue weighted by atomic mass is 127. The Hall–Kier alpha value is 0.480. The van der Waals surface area contributed by atoms with Crippen molar-refractivity contribution in [2.45, 2.75) is 36.0 Å². The van der Waals surface area contributed by atoms with Crippen molar-refractivity contribution < 1.29 is 18.3 Å². The maximum Gasteiger partial charge on any atom is 0.415 e. The highest BCUT2D eigenvalue weighted by molar-refractivity contribution is 14.1. The second kappa shape index (κ2) is 4.49. The minimum atomic E-state index is -4.47. The molecule has 5 heteroatoms. The van der Waals surface area contributed by atoms with Gasteiger partial charge in [-0.05, 0) is 6.42 Å². The zero-order valence-electron chi connectivity index (χ0n) is 6.03. The first kappa shape index (κ1) is 11.5. The smallest absolute Gasteiger partial charge is 0.383 e. The normalized spacial score (nSPS) is 18.0. The highest BCUT2D eigenvalue weighted by Gasteiger charge is 2.41.